The minimum atomic E-state index is -3.67. The Hall–Kier alpha value is -2.53. The van der Waals surface area contributed by atoms with Gasteiger partial charge in [0.1, 0.15) is 6.54 Å². The molecule has 8 nitrogen and oxygen atoms in total. The van der Waals surface area contributed by atoms with Crippen LogP contribution in [0.2, 0.25) is 5.02 Å². The highest BCUT2D eigenvalue weighted by molar-refractivity contribution is 7.89. The van der Waals surface area contributed by atoms with Crippen LogP contribution in [0.25, 0.3) is 10.2 Å². The van der Waals surface area contributed by atoms with Crippen molar-refractivity contribution in [3.63, 3.8) is 0 Å². The van der Waals surface area contributed by atoms with Gasteiger partial charge in [-0.1, -0.05) is 55.7 Å². The van der Waals surface area contributed by atoms with Crippen LogP contribution in [-0.2, 0) is 26.1 Å². The number of methoxy groups -OCH3 is 1. The summed E-state index contributed by atoms with van der Waals surface area (Å²) in [7, 11) is -2.39. The van der Waals surface area contributed by atoms with Crippen molar-refractivity contribution in [2.45, 2.75) is 51.0 Å². The first kappa shape index (κ1) is 28.0. The molecule has 1 heterocycles. The minimum absolute atomic E-state index is 0.139. The Kier molecular flexibility index (Phi) is 9.84. The maximum Gasteiger partial charge on any atom is 0.325 e. The normalized spacial score (nSPS) is 12.4. The summed E-state index contributed by atoms with van der Waals surface area (Å²) in [5.74, 6) is -1.07. The zero-order valence-electron chi connectivity index (χ0n) is 20.6. The summed E-state index contributed by atoms with van der Waals surface area (Å²) in [5, 5.41) is 0.423. The number of esters is 1. The number of hydrogen-bond acceptors (Lipinski definition) is 6. The fourth-order valence-electron chi connectivity index (χ4n) is 3.60. The van der Waals surface area contributed by atoms with E-state index >= 15 is 0 Å². The molecule has 36 heavy (non-hydrogen) atoms. The molecule has 2 aromatic carbocycles. The quantitative estimate of drug-likeness (QED) is 0.317. The Morgan fingerprint density at radius 1 is 1.06 bits per heavy atom. The van der Waals surface area contributed by atoms with E-state index in [4.69, 9.17) is 16.3 Å². The second-order valence-corrected chi connectivity index (χ2v) is 11.5. The first-order valence-corrected chi connectivity index (χ1v) is 14.4. The third kappa shape index (κ3) is 6.42. The van der Waals surface area contributed by atoms with Crippen molar-refractivity contribution in [2.24, 2.45) is 4.99 Å². The molecule has 0 radical (unpaired) electrons. The molecule has 194 valence electrons. The molecule has 0 aliphatic carbocycles. The summed E-state index contributed by atoms with van der Waals surface area (Å²) in [6, 6.07) is 11.1. The van der Waals surface area contributed by atoms with Crippen LogP contribution in [0.1, 0.15) is 49.9 Å². The van der Waals surface area contributed by atoms with Crippen LogP contribution < -0.4 is 4.80 Å². The van der Waals surface area contributed by atoms with Crippen LogP contribution in [0.4, 0.5) is 0 Å². The second-order valence-electron chi connectivity index (χ2n) is 8.19. The second kappa shape index (κ2) is 12.6. The number of para-hydroxylation sites is 1. The number of carbonyl (C=O) groups excluding carboxylic acids is 2. The summed E-state index contributed by atoms with van der Waals surface area (Å²) in [5.41, 5.74) is 0.817. The van der Waals surface area contributed by atoms with Gasteiger partial charge in [0.2, 0.25) is 10.0 Å². The molecule has 1 amide bonds. The van der Waals surface area contributed by atoms with Gasteiger partial charge in [0.15, 0.2) is 4.80 Å². The lowest BCUT2D eigenvalue weighted by Gasteiger charge is -2.22. The van der Waals surface area contributed by atoms with Crippen molar-refractivity contribution in [2.75, 3.05) is 20.2 Å². The lowest BCUT2D eigenvalue weighted by molar-refractivity contribution is -0.141. The molecule has 0 aliphatic heterocycles. The SMILES string of the molecule is CCCCN(CCCC)S(=O)(=O)c1ccc(C(=O)N=c2sc3cccc(Cl)c3n2CC(=O)OC)cc1. The predicted octanol–water partition coefficient (Wildman–Crippen LogP) is 4.86. The van der Waals surface area contributed by atoms with Crippen molar-refractivity contribution < 1.29 is 22.7 Å². The van der Waals surface area contributed by atoms with Crippen LogP contribution in [0, 0.1) is 0 Å². The topological polar surface area (TPSA) is 98.0 Å². The first-order valence-electron chi connectivity index (χ1n) is 11.8. The molecule has 0 aliphatic rings. The van der Waals surface area contributed by atoms with Crippen LogP contribution in [-0.4, -0.2) is 49.4 Å². The first-order chi connectivity index (χ1) is 17.2. The van der Waals surface area contributed by atoms with Crippen LogP contribution in [0.15, 0.2) is 52.4 Å². The van der Waals surface area contributed by atoms with Gasteiger partial charge in [-0.25, -0.2) is 8.42 Å². The van der Waals surface area contributed by atoms with E-state index in [1.54, 1.807) is 16.7 Å². The highest BCUT2D eigenvalue weighted by Crippen LogP contribution is 2.25. The Labute approximate surface area is 220 Å². The number of fused-ring (bicyclic) bond motifs is 1. The Balaban J connectivity index is 1.95. The Morgan fingerprint density at radius 2 is 1.69 bits per heavy atom. The third-order valence-electron chi connectivity index (χ3n) is 5.63. The number of amides is 1. The molecule has 0 saturated carbocycles. The number of nitrogens with zero attached hydrogens (tertiary/aromatic N) is 3. The van der Waals surface area contributed by atoms with Crippen LogP contribution >= 0.6 is 22.9 Å². The number of unbranched alkanes of at least 4 members (excludes halogenated alkanes) is 2. The fraction of sp³-hybridized carbons (Fsp3) is 0.400. The summed E-state index contributed by atoms with van der Waals surface area (Å²) < 4.78 is 35.0. The average molecular weight is 552 g/mol. The van der Waals surface area contributed by atoms with Crippen LogP contribution in [0.3, 0.4) is 0 Å². The van der Waals surface area contributed by atoms with Gasteiger partial charge in [0, 0.05) is 18.7 Å². The van der Waals surface area contributed by atoms with Crippen molar-refractivity contribution in [1.82, 2.24) is 8.87 Å². The number of thiazole rings is 1. The highest BCUT2D eigenvalue weighted by Gasteiger charge is 2.24. The number of rotatable bonds is 11. The van der Waals surface area contributed by atoms with Crippen molar-refractivity contribution >= 4 is 55.1 Å². The van der Waals surface area contributed by atoms with Crippen molar-refractivity contribution in [3.8, 4) is 0 Å². The molecule has 1 aromatic heterocycles. The smallest absolute Gasteiger partial charge is 0.325 e. The third-order valence-corrected chi connectivity index (χ3v) is 8.89. The zero-order chi connectivity index (χ0) is 26.3. The zero-order valence-corrected chi connectivity index (χ0v) is 23.0. The highest BCUT2D eigenvalue weighted by atomic mass is 35.5. The largest absolute Gasteiger partial charge is 0.468 e. The van der Waals surface area contributed by atoms with Gasteiger partial charge in [-0.3, -0.25) is 9.59 Å². The van der Waals surface area contributed by atoms with Gasteiger partial charge < -0.3 is 9.30 Å². The summed E-state index contributed by atoms with van der Waals surface area (Å²) >= 11 is 7.57. The van der Waals surface area contributed by atoms with Gasteiger partial charge in [0.25, 0.3) is 5.91 Å². The minimum Gasteiger partial charge on any atom is -0.468 e. The standard InChI is InChI=1S/C25H30ClN3O5S2/c1-4-6-15-28(16-7-5-2)36(32,33)19-13-11-18(12-14-19)24(31)27-25-29(17-22(30)34-3)23-20(26)9-8-10-21(23)35-25/h8-14H,4-7,15-17H2,1-3H3. The van der Waals surface area contributed by atoms with E-state index in [0.29, 0.717) is 23.6 Å². The molecule has 0 fully saturated rings. The number of halogens is 1. The van der Waals surface area contributed by atoms with E-state index in [1.165, 1.54) is 47.0 Å². The average Bonchev–Trinajstić information content (AvgIpc) is 3.21. The molecule has 0 bridgehead atoms. The Morgan fingerprint density at radius 3 is 2.28 bits per heavy atom. The molecule has 3 aromatic rings. The number of aromatic nitrogens is 1. The van der Waals surface area contributed by atoms with E-state index in [2.05, 4.69) is 4.99 Å². The molecular formula is C25H30ClN3O5S2. The van der Waals surface area contributed by atoms with E-state index < -0.39 is 21.9 Å². The molecule has 11 heteroatoms. The number of hydrogen-bond donors (Lipinski definition) is 0. The molecule has 0 atom stereocenters. The molecule has 0 unspecified atom stereocenters. The monoisotopic (exact) mass is 551 g/mol. The molecule has 3 rings (SSSR count). The van der Waals surface area contributed by atoms with E-state index in [0.717, 1.165) is 30.4 Å². The van der Waals surface area contributed by atoms with E-state index in [-0.39, 0.29) is 21.8 Å². The lowest BCUT2D eigenvalue weighted by atomic mass is 10.2. The van der Waals surface area contributed by atoms with Gasteiger partial charge in [-0.15, -0.1) is 0 Å². The predicted molar refractivity (Wildman–Crippen MR) is 142 cm³/mol. The number of carbonyl (C=O) groups is 2. The van der Waals surface area contributed by atoms with E-state index in [9.17, 15) is 18.0 Å². The number of sulfonamides is 1. The summed E-state index contributed by atoms with van der Waals surface area (Å²) in [6.07, 6.45) is 3.35. The maximum absolute atomic E-state index is 13.2. The molecule has 0 saturated heterocycles. The van der Waals surface area contributed by atoms with E-state index in [1.807, 2.05) is 19.9 Å². The Bertz CT molecular complexity index is 1390. The molecule has 0 spiro atoms. The van der Waals surface area contributed by atoms with Crippen molar-refractivity contribution in [1.29, 1.82) is 0 Å². The summed E-state index contributed by atoms with van der Waals surface area (Å²) in [4.78, 5) is 29.6. The van der Waals surface area contributed by atoms with Gasteiger partial charge in [0.05, 0.1) is 27.2 Å². The molecular weight excluding hydrogens is 522 g/mol. The molecule has 0 N–H and O–H groups in total. The van der Waals surface area contributed by atoms with Crippen molar-refractivity contribution in [3.05, 3.63) is 57.9 Å². The number of benzene rings is 2. The van der Waals surface area contributed by atoms with Gasteiger partial charge >= 0.3 is 5.97 Å². The maximum atomic E-state index is 13.2. The summed E-state index contributed by atoms with van der Waals surface area (Å²) in [6.45, 7) is 4.81. The van der Waals surface area contributed by atoms with Crippen LogP contribution in [0.5, 0.6) is 0 Å². The lowest BCUT2D eigenvalue weighted by Crippen LogP contribution is -2.33. The van der Waals surface area contributed by atoms with Gasteiger partial charge in [-0.05, 0) is 49.2 Å². The number of ether oxygens (including phenoxy) is 1. The fourth-order valence-corrected chi connectivity index (χ4v) is 6.51. The van der Waals surface area contributed by atoms with Gasteiger partial charge in [-0.2, -0.15) is 9.30 Å².